The van der Waals surface area contributed by atoms with E-state index in [1.54, 1.807) is 34.8 Å². The molecule has 17 atom stereocenters. The van der Waals surface area contributed by atoms with Crippen LogP contribution in [0.25, 0.3) is 0 Å². The van der Waals surface area contributed by atoms with Gasteiger partial charge in [-0.25, -0.2) is 0 Å². The third-order valence-corrected chi connectivity index (χ3v) is 12.0. The van der Waals surface area contributed by atoms with Crippen molar-refractivity contribution in [2.75, 3.05) is 27.3 Å². The van der Waals surface area contributed by atoms with Gasteiger partial charge in [-0.1, -0.05) is 48.5 Å². The first-order valence-electron chi connectivity index (χ1n) is 20.0. The second kappa shape index (κ2) is 20.5. The molecule has 13 nitrogen and oxygen atoms in total. The summed E-state index contributed by atoms with van der Waals surface area (Å²) in [6.07, 6.45) is -4.86. The van der Waals surface area contributed by atoms with Gasteiger partial charge >= 0.3 is 5.97 Å². The molecule has 0 aromatic rings. The summed E-state index contributed by atoms with van der Waals surface area (Å²) in [7, 11) is 3.41. The largest absolute Gasteiger partial charge is 0.459 e. The van der Waals surface area contributed by atoms with E-state index in [1.165, 1.54) is 6.92 Å². The molecule has 0 bridgehead atoms. The molecule has 2 aliphatic rings. The highest BCUT2D eigenvalue weighted by Gasteiger charge is 2.49. The van der Waals surface area contributed by atoms with Crippen molar-refractivity contribution in [3.05, 3.63) is 0 Å². The summed E-state index contributed by atoms with van der Waals surface area (Å²) in [6, 6.07) is -0.525. The number of rotatable bonds is 20. The van der Waals surface area contributed by atoms with Crippen LogP contribution < -0.4 is 0 Å². The van der Waals surface area contributed by atoms with E-state index in [1.807, 2.05) is 53.5 Å². The molecular weight excluding hydrogens is 686 g/mol. The Balaban J connectivity index is 2.34. The molecule has 0 spiro atoms. The van der Waals surface area contributed by atoms with Crippen LogP contribution in [-0.2, 0) is 33.2 Å². The van der Waals surface area contributed by atoms with Crippen molar-refractivity contribution in [3.63, 3.8) is 0 Å². The van der Waals surface area contributed by atoms with Crippen LogP contribution in [0.3, 0.4) is 0 Å². The summed E-state index contributed by atoms with van der Waals surface area (Å²) in [5.74, 6) is -0.825. The van der Waals surface area contributed by atoms with Crippen molar-refractivity contribution in [2.45, 2.75) is 200 Å². The monoisotopic (exact) mass is 764 g/mol. The van der Waals surface area contributed by atoms with Crippen molar-refractivity contribution >= 4 is 5.97 Å². The molecule has 0 radical (unpaired) electrons. The molecule has 53 heavy (non-hydrogen) atoms. The highest BCUT2D eigenvalue weighted by atomic mass is 16.7. The van der Waals surface area contributed by atoms with E-state index < -0.39 is 90.0 Å². The molecule has 0 aliphatic carbocycles. The SMILES string of the molecule is CCC(=O)O[C@H](CC)[C@@](C)(O)C(O)C(C)N(C)C[C@H](C)C[C@@](C)(O)[C@H](OC1OCC(C)CC(C)[C@H]1O)[C@@H](C)[C@@H](CC)O[C@H]1C[C@@](C)(OC)C(O)C(C)O1. The standard InChI is InChI=1S/C40H77NO12/c1-15-29(51-32-20-39(11,48-14)35(45)28(9)50-32)26(7)36(53-37-33(43)25(6)18-23(4)22-49-37)38(10,46)19-24(5)21-41(13)27(8)34(44)40(12,47)30(16-2)52-31(42)17-3/h23-30,32-37,43-47H,15-22H2,1-14H3/t23?,24-,25?,26+,27?,28?,29-,30-,32+,33-,34?,35?,36-,37?,38-,39-,40-/m1/s1. The van der Waals surface area contributed by atoms with E-state index in [2.05, 4.69) is 6.92 Å². The highest BCUT2D eigenvalue weighted by Crippen LogP contribution is 2.38. The third-order valence-electron chi connectivity index (χ3n) is 12.0. The first-order valence-corrected chi connectivity index (χ1v) is 20.0. The zero-order chi connectivity index (χ0) is 40.6. The second-order valence-corrected chi connectivity index (χ2v) is 17.2. The molecule has 5 N–H and O–H groups in total. The fourth-order valence-corrected chi connectivity index (χ4v) is 8.47. The number of aliphatic hydroxyl groups excluding tert-OH is 3. The molecule has 0 saturated carbocycles. The van der Waals surface area contributed by atoms with Gasteiger partial charge in [0.1, 0.15) is 30.0 Å². The summed E-state index contributed by atoms with van der Waals surface area (Å²) in [5, 5.41) is 57.2. The van der Waals surface area contributed by atoms with Crippen LogP contribution in [0.5, 0.6) is 0 Å². The third kappa shape index (κ3) is 12.5. The van der Waals surface area contributed by atoms with E-state index >= 15 is 0 Å². The van der Waals surface area contributed by atoms with Crippen molar-refractivity contribution in [1.82, 2.24) is 4.90 Å². The Morgan fingerprint density at radius 2 is 1.66 bits per heavy atom. The van der Waals surface area contributed by atoms with E-state index in [0.29, 0.717) is 32.4 Å². The number of hydrogen-bond donors (Lipinski definition) is 5. The van der Waals surface area contributed by atoms with Crippen LogP contribution in [0.1, 0.15) is 122 Å². The van der Waals surface area contributed by atoms with Gasteiger partial charge in [-0.2, -0.15) is 0 Å². The Morgan fingerprint density at radius 3 is 2.21 bits per heavy atom. The van der Waals surface area contributed by atoms with E-state index in [-0.39, 0.29) is 30.6 Å². The van der Waals surface area contributed by atoms with Gasteiger partial charge in [0.2, 0.25) is 0 Å². The van der Waals surface area contributed by atoms with Gasteiger partial charge in [0.05, 0.1) is 36.1 Å². The first kappa shape index (κ1) is 48.2. The minimum Gasteiger partial charge on any atom is -0.459 e. The summed E-state index contributed by atoms with van der Waals surface area (Å²) < 4.78 is 36.7. The lowest BCUT2D eigenvalue weighted by Gasteiger charge is -2.47. The van der Waals surface area contributed by atoms with Gasteiger partial charge in [-0.05, 0) is 85.1 Å². The normalized spacial score (nSPS) is 34.8. The summed E-state index contributed by atoms with van der Waals surface area (Å²) >= 11 is 0. The number of nitrogens with zero attached hydrogens (tertiary/aromatic N) is 1. The Bertz CT molecular complexity index is 1090. The quantitative estimate of drug-likeness (QED) is 0.113. The zero-order valence-electron chi connectivity index (χ0n) is 35.3. The fraction of sp³-hybridized carbons (Fsp3) is 0.975. The first-order chi connectivity index (χ1) is 24.5. The molecule has 314 valence electrons. The molecule has 0 aromatic carbocycles. The lowest BCUT2D eigenvalue weighted by atomic mass is 9.79. The maximum atomic E-state index is 12.4. The molecule has 2 fully saturated rings. The van der Waals surface area contributed by atoms with E-state index in [0.717, 1.165) is 6.42 Å². The summed E-state index contributed by atoms with van der Waals surface area (Å²) in [5.41, 5.74) is -4.00. The number of esters is 1. The van der Waals surface area contributed by atoms with Gasteiger partial charge < -0.3 is 58.9 Å². The van der Waals surface area contributed by atoms with Crippen molar-refractivity contribution in [2.24, 2.45) is 23.7 Å². The molecule has 2 saturated heterocycles. The minimum atomic E-state index is -1.70. The predicted octanol–water partition coefficient (Wildman–Crippen LogP) is 4.02. The highest BCUT2D eigenvalue weighted by molar-refractivity contribution is 5.69. The molecule has 7 unspecified atom stereocenters. The molecular formula is C40H77NO12. The van der Waals surface area contributed by atoms with Crippen LogP contribution >= 0.6 is 0 Å². The van der Waals surface area contributed by atoms with Crippen LogP contribution in [0.2, 0.25) is 0 Å². The van der Waals surface area contributed by atoms with Crippen LogP contribution in [0.4, 0.5) is 0 Å². The molecule has 2 rings (SSSR count). The maximum Gasteiger partial charge on any atom is 0.305 e. The average Bonchev–Trinajstić information content (AvgIpc) is 3.21. The lowest BCUT2D eigenvalue weighted by Crippen LogP contribution is -2.59. The molecule has 0 aromatic heterocycles. The Kier molecular flexibility index (Phi) is 18.6. The maximum absolute atomic E-state index is 12.4. The Labute approximate surface area is 320 Å². The van der Waals surface area contributed by atoms with Crippen molar-refractivity contribution < 1.29 is 58.7 Å². The van der Waals surface area contributed by atoms with Crippen LogP contribution in [0, 0.1) is 23.7 Å². The summed E-state index contributed by atoms with van der Waals surface area (Å²) in [4.78, 5) is 14.0. The van der Waals surface area contributed by atoms with Gasteiger partial charge in [0, 0.05) is 38.5 Å². The smallest absolute Gasteiger partial charge is 0.305 e. The predicted molar refractivity (Wildman–Crippen MR) is 202 cm³/mol. The summed E-state index contributed by atoms with van der Waals surface area (Å²) in [6.45, 7) is 23.0. The number of methoxy groups -OCH3 is 1. The Morgan fingerprint density at radius 1 is 1.04 bits per heavy atom. The number of carbonyl (C=O) groups excluding carboxylic acids is 1. The number of aliphatic hydroxyl groups is 5. The minimum absolute atomic E-state index is 0.0811. The topological polar surface area (TPSA) is 177 Å². The number of ether oxygens (including phenoxy) is 6. The number of hydrogen-bond acceptors (Lipinski definition) is 13. The van der Waals surface area contributed by atoms with Gasteiger partial charge in [-0.3, -0.25) is 4.79 Å². The lowest BCUT2D eigenvalue weighted by molar-refractivity contribution is -0.304. The second-order valence-electron chi connectivity index (χ2n) is 17.2. The zero-order valence-corrected chi connectivity index (χ0v) is 35.3. The van der Waals surface area contributed by atoms with Crippen LogP contribution in [0.15, 0.2) is 0 Å². The van der Waals surface area contributed by atoms with E-state index in [4.69, 9.17) is 28.4 Å². The Hall–Kier alpha value is -0.970. The molecule has 13 heteroatoms. The fourth-order valence-electron chi connectivity index (χ4n) is 8.47. The number of carbonyl (C=O) groups is 1. The molecule has 2 aliphatic heterocycles. The van der Waals surface area contributed by atoms with Crippen molar-refractivity contribution in [1.29, 1.82) is 0 Å². The number of likely N-dealkylation sites (N-methyl/N-ethyl adjacent to an activating group) is 1. The molecule has 0 amide bonds. The van der Waals surface area contributed by atoms with E-state index in [9.17, 15) is 30.3 Å². The average molecular weight is 764 g/mol. The van der Waals surface area contributed by atoms with Gasteiger partial charge in [-0.15, -0.1) is 0 Å². The van der Waals surface area contributed by atoms with Crippen molar-refractivity contribution in [3.8, 4) is 0 Å². The van der Waals surface area contributed by atoms with Gasteiger partial charge in [0.25, 0.3) is 0 Å². The van der Waals surface area contributed by atoms with Gasteiger partial charge in [0.15, 0.2) is 12.6 Å². The van der Waals surface area contributed by atoms with Crippen LogP contribution in [-0.4, -0.2) is 142 Å². The molecule has 2 heterocycles.